The Labute approximate surface area is 138 Å². The highest BCUT2D eigenvalue weighted by Gasteiger charge is 2.23. The van der Waals surface area contributed by atoms with Crippen LogP contribution < -0.4 is 16.1 Å². The van der Waals surface area contributed by atoms with Crippen molar-refractivity contribution in [3.63, 3.8) is 0 Å². The van der Waals surface area contributed by atoms with Gasteiger partial charge in [-0.2, -0.15) is 0 Å². The minimum absolute atomic E-state index is 0.176. The molecule has 1 aliphatic heterocycles. The van der Waals surface area contributed by atoms with Crippen molar-refractivity contribution in [1.82, 2.24) is 15.3 Å². The Morgan fingerprint density at radius 1 is 1.12 bits per heavy atom. The van der Waals surface area contributed by atoms with E-state index in [1.165, 1.54) is 0 Å². The maximum Gasteiger partial charge on any atom is 0.326 e. The van der Waals surface area contributed by atoms with Crippen LogP contribution in [-0.2, 0) is 4.79 Å². The molecule has 4 amide bonds. The summed E-state index contributed by atoms with van der Waals surface area (Å²) in [6.45, 7) is 3.66. The van der Waals surface area contributed by atoms with E-state index in [0.717, 1.165) is 17.0 Å². The maximum atomic E-state index is 12.3. The number of hydrogen-bond acceptors (Lipinski definition) is 3. The molecule has 3 N–H and O–H groups in total. The average molecular weight is 324 g/mol. The van der Waals surface area contributed by atoms with Crippen LogP contribution in [0.15, 0.2) is 42.1 Å². The molecule has 24 heavy (non-hydrogen) atoms. The third-order valence-corrected chi connectivity index (χ3v) is 3.74. The van der Waals surface area contributed by atoms with Gasteiger partial charge in [-0.1, -0.05) is 18.2 Å². The molecule has 2 aromatic rings. The summed E-state index contributed by atoms with van der Waals surface area (Å²) in [5, 5.41) is 4.59. The fourth-order valence-electron chi connectivity index (χ4n) is 2.50. The Balaban J connectivity index is 1.87. The van der Waals surface area contributed by atoms with E-state index in [1.54, 1.807) is 35.0 Å². The number of amides is 4. The highest BCUT2D eigenvalue weighted by molar-refractivity contribution is 6.14. The van der Waals surface area contributed by atoms with Gasteiger partial charge in [-0.05, 0) is 43.7 Å². The van der Waals surface area contributed by atoms with E-state index in [2.05, 4.69) is 16.1 Å². The molecular weight excluding hydrogens is 308 g/mol. The van der Waals surface area contributed by atoms with Gasteiger partial charge in [-0.25, -0.2) is 4.79 Å². The van der Waals surface area contributed by atoms with Crippen LogP contribution in [0, 0.1) is 13.8 Å². The molecule has 0 saturated carbocycles. The van der Waals surface area contributed by atoms with E-state index in [9.17, 15) is 14.4 Å². The number of imide groups is 1. The van der Waals surface area contributed by atoms with Crippen molar-refractivity contribution in [2.75, 3.05) is 5.43 Å². The molecule has 1 aliphatic rings. The van der Waals surface area contributed by atoms with Crippen LogP contribution in [-0.4, -0.2) is 22.5 Å². The van der Waals surface area contributed by atoms with Gasteiger partial charge in [-0.15, -0.1) is 0 Å². The lowest BCUT2D eigenvalue weighted by Crippen LogP contribution is -2.24. The molecule has 1 saturated heterocycles. The first kappa shape index (κ1) is 15.5. The summed E-state index contributed by atoms with van der Waals surface area (Å²) in [5.74, 6) is -0.707. The number of carbonyl (C=O) groups is 3. The number of rotatable bonds is 3. The van der Waals surface area contributed by atoms with Crippen LogP contribution in [0.5, 0.6) is 0 Å². The smallest absolute Gasteiger partial charge is 0.303 e. The molecule has 122 valence electrons. The van der Waals surface area contributed by atoms with Crippen LogP contribution in [0.25, 0.3) is 6.08 Å². The van der Waals surface area contributed by atoms with Gasteiger partial charge >= 0.3 is 6.03 Å². The molecule has 1 aromatic carbocycles. The number of aromatic nitrogens is 1. The molecule has 0 spiro atoms. The molecule has 0 unspecified atom stereocenters. The lowest BCUT2D eigenvalue weighted by atomic mass is 10.2. The zero-order chi connectivity index (χ0) is 17.3. The number of nitrogens with one attached hydrogen (secondary N) is 3. The number of aryl methyl sites for hydroxylation is 1. The van der Waals surface area contributed by atoms with Gasteiger partial charge in [0.25, 0.3) is 11.8 Å². The number of benzene rings is 1. The van der Waals surface area contributed by atoms with Gasteiger partial charge in [0.1, 0.15) is 5.70 Å². The summed E-state index contributed by atoms with van der Waals surface area (Å²) >= 11 is 0. The summed E-state index contributed by atoms with van der Waals surface area (Å²) in [6.07, 6.45) is 1.58. The van der Waals surface area contributed by atoms with Crippen molar-refractivity contribution in [2.45, 2.75) is 13.8 Å². The van der Waals surface area contributed by atoms with Crippen LogP contribution in [0.2, 0.25) is 0 Å². The summed E-state index contributed by atoms with van der Waals surface area (Å²) in [6, 6.07) is 10.2. The monoisotopic (exact) mass is 324 g/mol. The predicted molar refractivity (Wildman–Crippen MR) is 88.7 cm³/mol. The lowest BCUT2D eigenvalue weighted by molar-refractivity contribution is -0.115. The highest BCUT2D eigenvalue weighted by atomic mass is 16.2. The summed E-state index contributed by atoms with van der Waals surface area (Å²) in [5.41, 5.74) is 5.82. The third kappa shape index (κ3) is 2.91. The minimum Gasteiger partial charge on any atom is -0.303 e. The first-order chi connectivity index (χ1) is 11.5. The third-order valence-electron chi connectivity index (χ3n) is 3.74. The average Bonchev–Trinajstić information content (AvgIpc) is 3.01. The first-order valence-electron chi connectivity index (χ1n) is 7.35. The molecule has 1 fully saturated rings. The summed E-state index contributed by atoms with van der Waals surface area (Å²) in [7, 11) is 0. The Morgan fingerprint density at radius 3 is 2.46 bits per heavy atom. The summed E-state index contributed by atoms with van der Waals surface area (Å²) < 4.78 is 1.65. The fourth-order valence-corrected chi connectivity index (χ4v) is 2.50. The van der Waals surface area contributed by atoms with Crippen molar-refractivity contribution in [1.29, 1.82) is 0 Å². The van der Waals surface area contributed by atoms with E-state index in [0.29, 0.717) is 5.56 Å². The molecule has 0 aliphatic carbocycles. The molecule has 0 atom stereocenters. The van der Waals surface area contributed by atoms with Gasteiger partial charge in [0, 0.05) is 17.0 Å². The molecule has 7 heteroatoms. The van der Waals surface area contributed by atoms with Crippen LogP contribution in [0.1, 0.15) is 27.3 Å². The molecule has 1 aromatic heterocycles. The maximum absolute atomic E-state index is 12.3. The predicted octanol–water partition coefficient (Wildman–Crippen LogP) is 1.67. The second-order valence-electron chi connectivity index (χ2n) is 5.44. The Kier molecular flexibility index (Phi) is 3.91. The fraction of sp³-hybridized carbons (Fsp3) is 0.118. The van der Waals surface area contributed by atoms with Crippen molar-refractivity contribution in [2.24, 2.45) is 0 Å². The van der Waals surface area contributed by atoms with Crippen LogP contribution in [0.4, 0.5) is 4.79 Å². The standard InChI is InChI=1S/C17H16N4O3/c1-10-8-13(9-14-16(23)19-17(24)18-14)11(2)21(10)20-15(22)12-6-4-3-5-7-12/h3-9H,1-2H3,(H,20,22)(H2,18,19,23,24)/b14-9+. The zero-order valence-electron chi connectivity index (χ0n) is 13.2. The molecule has 0 bridgehead atoms. The van der Waals surface area contributed by atoms with E-state index in [4.69, 9.17) is 0 Å². The second kappa shape index (κ2) is 6.04. The van der Waals surface area contributed by atoms with Crippen LogP contribution in [0.3, 0.4) is 0 Å². The Bertz CT molecular complexity index is 865. The lowest BCUT2D eigenvalue weighted by Gasteiger charge is -2.11. The molecule has 3 rings (SSSR count). The first-order valence-corrected chi connectivity index (χ1v) is 7.35. The summed E-state index contributed by atoms with van der Waals surface area (Å²) in [4.78, 5) is 35.1. The van der Waals surface area contributed by atoms with Crippen molar-refractivity contribution in [3.8, 4) is 0 Å². The van der Waals surface area contributed by atoms with Crippen LogP contribution >= 0.6 is 0 Å². The van der Waals surface area contributed by atoms with E-state index in [1.807, 2.05) is 26.0 Å². The van der Waals surface area contributed by atoms with Gasteiger partial charge < -0.3 is 5.32 Å². The van der Waals surface area contributed by atoms with Crippen molar-refractivity contribution in [3.05, 3.63) is 64.6 Å². The number of carbonyl (C=O) groups excluding carboxylic acids is 3. The quantitative estimate of drug-likeness (QED) is 0.592. The van der Waals surface area contributed by atoms with E-state index in [-0.39, 0.29) is 11.6 Å². The molecule has 2 heterocycles. The second-order valence-corrected chi connectivity index (χ2v) is 5.44. The van der Waals surface area contributed by atoms with Gasteiger partial charge in [0.15, 0.2) is 0 Å². The molecule has 7 nitrogen and oxygen atoms in total. The molecular formula is C17H16N4O3. The van der Waals surface area contributed by atoms with Crippen molar-refractivity contribution >= 4 is 23.9 Å². The van der Waals surface area contributed by atoms with Gasteiger partial charge in [0.05, 0.1) is 0 Å². The number of urea groups is 1. The van der Waals surface area contributed by atoms with Gasteiger partial charge in [0.2, 0.25) is 0 Å². The van der Waals surface area contributed by atoms with Crippen molar-refractivity contribution < 1.29 is 14.4 Å². The largest absolute Gasteiger partial charge is 0.326 e. The normalized spacial score (nSPS) is 15.3. The minimum atomic E-state index is -0.544. The van der Waals surface area contributed by atoms with E-state index < -0.39 is 11.9 Å². The molecule has 0 radical (unpaired) electrons. The number of nitrogens with zero attached hydrogens (tertiary/aromatic N) is 1. The van der Waals surface area contributed by atoms with Gasteiger partial charge in [-0.3, -0.25) is 25.0 Å². The number of hydrogen-bond donors (Lipinski definition) is 3. The van der Waals surface area contributed by atoms with E-state index >= 15 is 0 Å². The highest BCUT2D eigenvalue weighted by Crippen LogP contribution is 2.17. The Hall–Kier alpha value is -3.35. The SMILES string of the molecule is Cc1cc(/C=C2/NC(=O)NC2=O)c(C)n1NC(=O)c1ccccc1. The topological polar surface area (TPSA) is 92.2 Å². The Morgan fingerprint density at radius 2 is 1.83 bits per heavy atom. The zero-order valence-corrected chi connectivity index (χ0v) is 13.2.